The van der Waals surface area contributed by atoms with Gasteiger partial charge in [-0.1, -0.05) is 19.3 Å². The Morgan fingerprint density at radius 2 is 2.11 bits per heavy atom. The molecule has 7 heteroatoms. The van der Waals surface area contributed by atoms with Crippen LogP contribution < -0.4 is 0 Å². The van der Waals surface area contributed by atoms with Crippen LogP contribution >= 0.6 is 11.6 Å². The second-order valence-electron chi connectivity index (χ2n) is 4.52. The van der Waals surface area contributed by atoms with Gasteiger partial charge < -0.3 is 0 Å². The van der Waals surface area contributed by atoms with Gasteiger partial charge in [0.2, 0.25) is 0 Å². The molecule has 102 valence electrons. The summed E-state index contributed by atoms with van der Waals surface area (Å²) in [6, 6.07) is 1.56. The molecule has 0 spiro atoms. The molecule has 1 heterocycles. The molecular formula is C11H18ClN3O2S. The number of aromatic nitrogens is 2. The van der Waals surface area contributed by atoms with E-state index in [1.54, 1.807) is 0 Å². The van der Waals surface area contributed by atoms with Crippen molar-refractivity contribution in [3.8, 4) is 0 Å². The Morgan fingerprint density at radius 3 is 2.67 bits per heavy atom. The van der Waals surface area contributed by atoms with Crippen LogP contribution in [0.15, 0.2) is 17.3 Å². The summed E-state index contributed by atoms with van der Waals surface area (Å²) in [4.78, 5) is 0. The first-order chi connectivity index (χ1) is 8.66. The normalized spacial score (nSPS) is 18.3. The highest BCUT2D eigenvalue weighted by Crippen LogP contribution is 2.26. The zero-order valence-corrected chi connectivity index (χ0v) is 11.8. The minimum Gasteiger partial charge on any atom is -0.266 e. The number of sulfonamides is 1. The molecule has 0 aromatic carbocycles. The molecule has 1 aliphatic rings. The Bertz CT molecular complexity index is 455. The van der Waals surface area contributed by atoms with E-state index in [2.05, 4.69) is 10.2 Å². The summed E-state index contributed by atoms with van der Waals surface area (Å²) in [6.07, 6.45) is 6.65. The van der Waals surface area contributed by atoms with Crippen LogP contribution in [-0.2, 0) is 10.0 Å². The number of halogens is 1. The monoisotopic (exact) mass is 291 g/mol. The number of nitrogens with zero attached hydrogens (tertiary/aromatic N) is 2. The summed E-state index contributed by atoms with van der Waals surface area (Å²) in [5, 5.41) is 6.40. The average Bonchev–Trinajstić information content (AvgIpc) is 2.91. The fourth-order valence-electron chi connectivity index (χ4n) is 2.46. The molecule has 0 amide bonds. The van der Waals surface area contributed by atoms with Gasteiger partial charge >= 0.3 is 0 Å². The van der Waals surface area contributed by atoms with E-state index in [1.807, 2.05) is 0 Å². The van der Waals surface area contributed by atoms with E-state index in [1.165, 1.54) is 23.0 Å². The summed E-state index contributed by atoms with van der Waals surface area (Å²) < 4.78 is 26.5. The van der Waals surface area contributed by atoms with Crippen LogP contribution in [0, 0.1) is 0 Å². The summed E-state index contributed by atoms with van der Waals surface area (Å²) >= 11 is 5.75. The van der Waals surface area contributed by atoms with Crippen molar-refractivity contribution < 1.29 is 8.42 Å². The second kappa shape index (κ2) is 6.04. The Labute approximate surface area is 113 Å². The first kappa shape index (κ1) is 13.8. The van der Waals surface area contributed by atoms with Crippen LogP contribution in [-0.4, -0.2) is 41.4 Å². The number of rotatable bonds is 5. The maximum Gasteiger partial charge on any atom is 0.260 e. The minimum atomic E-state index is -3.49. The Kier molecular flexibility index (Phi) is 4.64. The molecule has 0 bridgehead atoms. The predicted octanol–water partition coefficient (Wildman–Crippen LogP) is 1.97. The molecule has 0 saturated heterocycles. The Hall–Kier alpha value is -0.590. The third-order valence-corrected chi connectivity index (χ3v) is 5.40. The van der Waals surface area contributed by atoms with Crippen LogP contribution in [0.1, 0.15) is 32.1 Å². The van der Waals surface area contributed by atoms with Gasteiger partial charge in [-0.05, 0) is 18.9 Å². The number of hydrogen-bond donors (Lipinski definition) is 1. The van der Waals surface area contributed by atoms with Crippen LogP contribution in [0.3, 0.4) is 0 Å². The molecule has 1 saturated carbocycles. The van der Waals surface area contributed by atoms with Gasteiger partial charge in [0.25, 0.3) is 10.0 Å². The SMILES string of the molecule is O=S(=O)(c1ccn[nH]1)N(CCCl)C1CCCCC1. The fraction of sp³-hybridized carbons (Fsp3) is 0.727. The molecule has 0 unspecified atom stereocenters. The average molecular weight is 292 g/mol. The van der Waals surface area contributed by atoms with Gasteiger partial charge in [-0.2, -0.15) is 9.40 Å². The maximum absolute atomic E-state index is 12.5. The highest BCUT2D eigenvalue weighted by atomic mass is 35.5. The lowest BCUT2D eigenvalue weighted by molar-refractivity contribution is 0.261. The summed E-state index contributed by atoms with van der Waals surface area (Å²) in [5.74, 6) is 0.309. The first-order valence-corrected chi connectivity index (χ1v) is 8.21. The molecule has 1 aromatic heterocycles. The van der Waals surface area contributed by atoms with Crippen molar-refractivity contribution in [3.05, 3.63) is 12.3 Å². The van der Waals surface area contributed by atoms with Crippen molar-refractivity contribution in [2.45, 2.75) is 43.2 Å². The van der Waals surface area contributed by atoms with Crippen molar-refractivity contribution in [2.75, 3.05) is 12.4 Å². The number of H-pyrrole nitrogens is 1. The molecule has 0 aliphatic heterocycles. The number of alkyl halides is 1. The fourth-order valence-corrected chi connectivity index (χ4v) is 4.34. The summed E-state index contributed by atoms with van der Waals surface area (Å²) in [5.41, 5.74) is 0. The van der Waals surface area contributed by atoms with Crippen molar-refractivity contribution >= 4 is 21.6 Å². The van der Waals surface area contributed by atoms with Gasteiger partial charge in [0.05, 0.1) is 6.20 Å². The molecule has 5 nitrogen and oxygen atoms in total. The van der Waals surface area contributed by atoms with E-state index < -0.39 is 10.0 Å². The summed E-state index contributed by atoms with van der Waals surface area (Å²) in [6.45, 7) is 0.355. The lowest BCUT2D eigenvalue weighted by Gasteiger charge is -2.32. The first-order valence-electron chi connectivity index (χ1n) is 6.23. The minimum absolute atomic E-state index is 0.0748. The van der Waals surface area contributed by atoms with Crippen molar-refractivity contribution in [2.24, 2.45) is 0 Å². The quantitative estimate of drug-likeness (QED) is 0.844. The molecule has 1 aromatic rings. The number of nitrogens with one attached hydrogen (secondary N) is 1. The van der Waals surface area contributed by atoms with Crippen LogP contribution in [0.4, 0.5) is 0 Å². The molecule has 0 radical (unpaired) electrons. The van der Waals surface area contributed by atoms with E-state index in [-0.39, 0.29) is 11.1 Å². The Balaban J connectivity index is 2.23. The van der Waals surface area contributed by atoms with E-state index in [0.717, 1.165) is 25.7 Å². The zero-order valence-electron chi connectivity index (χ0n) is 10.2. The standard InChI is InChI=1S/C11H18ClN3O2S/c12-7-9-15(10-4-2-1-3-5-10)18(16,17)11-6-8-13-14-11/h6,8,10H,1-5,7,9H2,(H,13,14). The van der Waals surface area contributed by atoms with Gasteiger partial charge in [-0.3, -0.25) is 5.10 Å². The third-order valence-electron chi connectivity index (χ3n) is 3.35. The van der Waals surface area contributed by atoms with Gasteiger partial charge in [-0.15, -0.1) is 11.6 Å². The zero-order chi connectivity index (χ0) is 13.0. The van der Waals surface area contributed by atoms with Crippen LogP contribution in [0.2, 0.25) is 0 Å². The van der Waals surface area contributed by atoms with Gasteiger partial charge in [0.15, 0.2) is 5.03 Å². The maximum atomic E-state index is 12.5. The van der Waals surface area contributed by atoms with E-state index in [4.69, 9.17) is 11.6 Å². The number of aromatic amines is 1. The smallest absolute Gasteiger partial charge is 0.260 e. The molecule has 1 aliphatic carbocycles. The molecule has 0 atom stereocenters. The van der Waals surface area contributed by atoms with Gasteiger partial charge in [-0.25, -0.2) is 8.42 Å². The lowest BCUT2D eigenvalue weighted by Crippen LogP contribution is -2.42. The lowest BCUT2D eigenvalue weighted by atomic mass is 9.95. The van der Waals surface area contributed by atoms with Crippen molar-refractivity contribution in [1.82, 2.24) is 14.5 Å². The largest absolute Gasteiger partial charge is 0.266 e. The molecular weight excluding hydrogens is 274 g/mol. The third kappa shape index (κ3) is 2.87. The number of hydrogen-bond acceptors (Lipinski definition) is 3. The second-order valence-corrected chi connectivity index (χ2v) is 6.75. The highest BCUT2D eigenvalue weighted by molar-refractivity contribution is 7.89. The van der Waals surface area contributed by atoms with E-state index >= 15 is 0 Å². The Morgan fingerprint density at radius 1 is 1.39 bits per heavy atom. The van der Waals surface area contributed by atoms with Gasteiger partial charge in [0, 0.05) is 18.5 Å². The van der Waals surface area contributed by atoms with Gasteiger partial charge in [0.1, 0.15) is 0 Å². The van der Waals surface area contributed by atoms with E-state index in [9.17, 15) is 8.42 Å². The van der Waals surface area contributed by atoms with Crippen LogP contribution in [0.25, 0.3) is 0 Å². The van der Waals surface area contributed by atoms with Crippen molar-refractivity contribution in [1.29, 1.82) is 0 Å². The molecule has 1 N–H and O–H groups in total. The topological polar surface area (TPSA) is 66.1 Å². The van der Waals surface area contributed by atoms with Crippen LogP contribution in [0.5, 0.6) is 0 Å². The molecule has 1 fully saturated rings. The molecule has 18 heavy (non-hydrogen) atoms. The predicted molar refractivity (Wildman–Crippen MR) is 70.1 cm³/mol. The summed E-state index contributed by atoms with van der Waals surface area (Å²) in [7, 11) is -3.49. The molecule has 2 rings (SSSR count). The van der Waals surface area contributed by atoms with E-state index in [0.29, 0.717) is 12.4 Å². The highest BCUT2D eigenvalue weighted by Gasteiger charge is 2.32. The van der Waals surface area contributed by atoms with Crippen molar-refractivity contribution in [3.63, 3.8) is 0 Å².